The quantitative estimate of drug-likeness (QED) is 0.375. The van der Waals surface area contributed by atoms with E-state index in [1.165, 1.54) is 11.0 Å². The van der Waals surface area contributed by atoms with Gasteiger partial charge in [0, 0.05) is 13.1 Å². The molecule has 1 aromatic carbocycles. The molecule has 0 saturated heterocycles. The number of benzene rings is 1. The summed E-state index contributed by atoms with van der Waals surface area (Å²) in [4.78, 5) is 13.0. The monoisotopic (exact) mass is 355 g/mol. The highest BCUT2D eigenvalue weighted by Gasteiger charge is 2.15. The predicted molar refractivity (Wildman–Crippen MR) is 90.4 cm³/mol. The molecule has 0 heterocycles. The molecular weight excluding hydrogens is 332 g/mol. The normalized spacial score (nSPS) is 10.6. The molecule has 1 aromatic rings. The molecule has 0 aliphatic carbocycles. The van der Waals surface area contributed by atoms with E-state index in [9.17, 15) is 13.6 Å². The van der Waals surface area contributed by atoms with Gasteiger partial charge in [-0.3, -0.25) is 0 Å². The molecule has 0 aromatic heterocycles. The average Bonchev–Trinajstić information content (AvgIpc) is 2.61. The van der Waals surface area contributed by atoms with Crippen molar-refractivity contribution in [1.29, 1.82) is 0 Å². The van der Waals surface area contributed by atoms with E-state index in [0.717, 1.165) is 17.4 Å². The minimum absolute atomic E-state index is 0.103. The first-order chi connectivity index (χ1) is 12.0. The molecule has 0 N–H and O–H groups in total. The third kappa shape index (κ3) is 7.34. The van der Waals surface area contributed by atoms with Crippen LogP contribution in [0.1, 0.15) is 19.4 Å². The molecule has 0 aliphatic heterocycles. The van der Waals surface area contributed by atoms with Crippen molar-refractivity contribution in [2.45, 2.75) is 20.5 Å². The molecule has 25 heavy (non-hydrogen) atoms. The molecule has 0 atom stereocenters. The minimum atomic E-state index is -2.06. The van der Waals surface area contributed by atoms with E-state index in [2.05, 4.69) is 0 Å². The summed E-state index contributed by atoms with van der Waals surface area (Å²) in [6.07, 6.45) is -0.471. The van der Waals surface area contributed by atoms with Gasteiger partial charge >= 0.3 is 12.2 Å². The molecule has 0 spiro atoms. The van der Waals surface area contributed by atoms with Gasteiger partial charge in [-0.05, 0) is 37.6 Å². The van der Waals surface area contributed by atoms with E-state index < -0.39 is 17.9 Å². The van der Waals surface area contributed by atoms with Gasteiger partial charge in [-0.1, -0.05) is 18.2 Å². The average molecular weight is 355 g/mol. The van der Waals surface area contributed by atoms with Crippen LogP contribution >= 0.6 is 0 Å². The van der Waals surface area contributed by atoms with Crippen LogP contribution in [0.15, 0.2) is 48.3 Å². The zero-order valence-electron chi connectivity index (χ0n) is 14.6. The molecule has 5 nitrogen and oxygen atoms in total. The van der Waals surface area contributed by atoms with E-state index >= 15 is 0 Å². The summed E-state index contributed by atoms with van der Waals surface area (Å²) in [7, 11) is 1.58. The van der Waals surface area contributed by atoms with Gasteiger partial charge in [0.15, 0.2) is 5.76 Å². The van der Waals surface area contributed by atoms with Gasteiger partial charge in [-0.15, -0.1) is 0 Å². The summed E-state index contributed by atoms with van der Waals surface area (Å²) in [5, 5.41) is 0. The largest absolute Gasteiger partial charge is 0.497 e. The third-order valence-electron chi connectivity index (χ3n) is 3.32. The smallest absolute Gasteiger partial charge is 0.415 e. The van der Waals surface area contributed by atoms with Gasteiger partial charge in [-0.25, -0.2) is 4.79 Å². The van der Waals surface area contributed by atoms with Crippen LogP contribution < -0.4 is 4.74 Å². The lowest BCUT2D eigenvalue weighted by Gasteiger charge is -2.17. The molecule has 0 bridgehead atoms. The van der Waals surface area contributed by atoms with E-state index in [4.69, 9.17) is 14.2 Å². The van der Waals surface area contributed by atoms with Gasteiger partial charge in [0.05, 0.1) is 20.3 Å². The van der Waals surface area contributed by atoms with Gasteiger partial charge in [-0.2, -0.15) is 8.78 Å². The zero-order chi connectivity index (χ0) is 18.7. The van der Waals surface area contributed by atoms with E-state index in [0.29, 0.717) is 19.7 Å². The highest BCUT2D eigenvalue weighted by Crippen LogP contribution is 2.14. The van der Waals surface area contributed by atoms with Crippen molar-refractivity contribution in [2.75, 3.05) is 26.8 Å². The number of methoxy groups -OCH3 is 1. The Morgan fingerprint density at radius 3 is 2.32 bits per heavy atom. The Labute approximate surface area is 146 Å². The summed E-state index contributed by atoms with van der Waals surface area (Å²) >= 11 is 0. The molecule has 0 fully saturated rings. The zero-order valence-corrected chi connectivity index (χ0v) is 14.6. The Morgan fingerprint density at radius 2 is 1.80 bits per heavy atom. The SMILES string of the molecule is CCN(CC)C(=O)OC(/C=C/COCc1ccc(OC)cc1)=C(F)F. The van der Waals surface area contributed by atoms with Crippen LogP contribution in [0.3, 0.4) is 0 Å². The summed E-state index contributed by atoms with van der Waals surface area (Å²) in [5.41, 5.74) is 0.926. The Morgan fingerprint density at radius 1 is 1.16 bits per heavy atom. The Balaban J connectivity index is 2.48. The van der Waals surface area contributed by atoms with Gasteiger partial charge < -0.3 is 19.1 Å². The van der Waals surface area contributed by atoms with E-state index in [-0.39, 0.29) is 6.61 Å². The van der Waals surface area contributed by atoms with Crippen LogP contribution in [0.2, 0.25) is 0 Å². The molecule has 1 rings (SSSR count). The topological polar surface area (TPSA) is 48.0 Å². The third-order valence-corrected chi connectivity index (χ3v) is 3.32. The number of amides is 1. The van der Waals surface area contributed by atoms with Crippen molar-refractivity contribution < 1.29 is 27.8 Å². The number of ether oxygens (including phenoxy) is 3. The van der Waals surface area contributed by atoms with Gasteiger partial charge in [0.25, 0.3) is 0 Å². The summed E-state index contributed by atoms with van der Waals surface area (Å²) in [6, 6.07) is 7.31. The molecule has 0 unspecified atom stereocenters. The lowest BCUT2D eigenvalue weighted by atomic mass is 10.2. The number of nitrogens with zero attached hydrogens (tertiary/aromatic N) is 1. The number of carbonyl (C=O) groups is 1. The number of hydrogen-bond acceptors (Lipinski definition) is 4. The second-order valence-electron chi connectivity index (χ2n) is 4.93. The highest BCUT2D eigenvalue weighted by atomic mass is 19.3. The van der Waals surface area contributed by atoms with Crippen LogP contribution in [0.4, 0.5) is 13.6 Å². The highest BCUT2D eigenvalue weighted by molar-refractivity contribution is 5.69. The predicted octanol–water partition coefficient (Wildman–Crippen LogP) is 4.35. The fourth-order valence-corrected chi connectivity index (χ4v) is 1.90. The second kappa shape index (κ2) is 11.2. The van der Waals surface area contributed by atoms with Crippen LogP contribution in [-0.4, -0.2) is 37.8 Å². The Hall–Kier alpha value is -2.41. The van der Waals surface area contributed by atoms with Crippen molar-refractivity contribution in [3.63, 3.8) is 0 Å². The van der Waals surface area contributed by atoms with Crippen LogP contribution in [0, 0.1) is 0 Å². The number of halogens is 2. The Bertz CT molecular complexity index is 592. The van der Waals surface area contributed by atoms with Crippen molar-refractivity contribution in [1.82, 2.24) is 4.90 Å². The van der Waals surface area contributed by atoms with E-state index in [1.54, 1.807) is 33.1 Å². The van der Waals surface area contributed by atoms with Gasteiger partial charge in [0.2, 0.25) is 0 Å². The lowest BCUT2D eigenvalue weighted by molar-refractivity contribution is 0.129. The number of allylic oxidation sites excluding steroid dienone is 1. The van der Waals surface area contributed by atoms with Gasteiger partial charge in [0.1, 0.15) is 5.75 Å². The molecule has 0 radical (unpaired) electrons. The molecule has 7 heteroatoms. The van der Waals surface area contributed by atoms with E-state index in [1.807, 2.05) is 12.1 Å². The summed E-state index contributed by atoms with van der Waals surface area (Å²) < 4.78 is 40.8. The standard InChI is InChI=1S/C18H23F2NO4/c1-4-21(5-2)18(22)25-16(17(19)20)7-6-12-24-13-14-8-10-15(23-3)11-9-14/h6-11H,4-5,12-13H2,1-3H3/b7-6+. The maximum atomic E-state index is 12.9. The first-order valence-electron chi connectivity index (χ1n) is 7.91. The lowest BCUT2D eigenvalue weighted by Crippen LogP contribution is -2.30. The maximum absolute atomic E-state index is 12.9. The second-order valence-corrected chi connectivity index (χ2v) is 4.93. The molecule has 0 aliphatic rings. The fraction of sp³-hybridized carbons (Fsp3) is 0.389. The first kappa shape index (κ1) is 20.6. The fourth-order valence-electron chi connectivity index (χ4n) is 1.90. The maximum Gasteiger partial charge on any atom is 0.415 e. The first-order valence-corrected chi connectivity index (χ1v) is 7.91. The number of carbonyl (C=O) groups excluding carboxylic acids is 1. The molecule has 0 saturated carbocycles. The van der Waals surface area contributed by atoms with Crippen molar-refractivity contribution in [2.24, 2.45) is 0 Å². The Kier molecular flexibility index (Phi) is 9.24. The van der Waals surface area contributed by atoms with Crippen molar-refractivity contribution in [3.8, 4) is 5.75 Å². The van der Waals surface area contributed by atoms with Crippen molar-refractivity contribution >= 4 is 6.09 Å². The molecule has 138 valence electrons. The van der Waals surface area contributed by atoms with Crippen LogP contribution in [-0.2, 0) is 16.1 Å². The summed E-state index contributed by atoms with van der Waals surface area (Å²) in [5.74, 6) is -0.0307. The van der Waals surface area contributed by atoms with Crippen LogP contribution in [0.5, 0.6) is 5.75 Å². The van der Waals surface area contributed by atoms with Crippen molar-refractivity contribution in [3.05, 3.63) is 53.8 Å². The number of rotatable bonds is 9. The molecular formula is C18H23F2NO4. The minimum Gasteiger partial charge on any atom is -0.497 e. The molecule has 1 amide bonds. The summed E-state index contributed by atoms with van der Waals surface area (Å²) in [6.45, 7) is 4.67. The van der Waals surface area contributed by atoms with Crippen LogP contribution in [0.25, 0.3) is 0 Å². The number of hydrogen-bond donors (Lipinski definition) is 0.